The number of imide groups is 1. The molecule has 0 unspecified atom stereocenters. The van der Waals surface area contributed by atoms with Gasteiger partial charge in [-0.25, -0.2) is 0 Å². The molecule has 6 heterocycles. The fourth-order valence-electron chi connectivity index (χ4n) is 12.8. The molecule has 5 aliphatic heterocycles. The summed E-state index contributed by atoms with van der Waals surface area (Å²) in [6, 6.07) is 19.3. The summed E-state index contributed by atoms with van der Waals surface area (Å²) in [5.74, 6) is -0.695. The van der Waals surface area contributed by atoms with E-state index < -0.39 is 35.7 Å². The van der Waals surface area contributed by atoms with Crippen molar-refractivity contribution >= 4 is 82.6 Å². The number of anilines is 2. The first-order valence-corrected chi connectivity index (χ1v) is 38.5. The topological polar surface area (TPSA) is 321 Å². The zero-order valence-electron chi connectivity index (χ0n) is 65.0. The van der Waals surface area contributed by atoms with Crippen LogP contribution in [0.5, 0.6) is 11.5 Å². The number of aromatic nitrogens is 1. The van der Waals surface area contributed by atoms with Crippen LogP contribution in [0.25, 0.3) is 22.9 Å². The van der Waals surface area contributed by atoms with Crippen LogP contribution in [0.2, 0.25) is 0 Å². The fourth-order valence-corrected chi connectivity index (χ4v) is 12.8. The highest BCUT2D eigenvalue weighted by Gasteiger charge is 2.35. The Hall–Kier alpha value is -9.89. The average Bonchev–Trinajstić information content (AvgIpc) is 1.63. The van der Waals surface area contributed by atoms with Crippen LogP contribution in [0, 0.1) is 5.92 Å². The molecule has 0 radical (unpaired) electrons. The molecule has 1 aliphatic carbocycles. The number of unbranched alkanes of at least 4 members (excludes halogenated alkanes) is 2. The molecule has 6 aliphatic rings. The Morgan fingerprint density at radius 2 is 1.20 bits per heavy atom. The normalized spacial score (nSPS) is 17.0. The second kappa shape index (κ2) is 44.4. The van der Waals surface area contributed by atoms with Gasteiger partial charge >= 0.3 is 0 Å². The summed E-state index contributed by atoms with van der Waals surface area (Å²) in [7, 11) is 5.37. The van der Waals surface area contributed by atoms with Gasteiger partial charge in [-0.3, -0.25) is 48.4 Å². The number of benzene rings is 3. The van der Waals surface area contributed by atoms with Gasteiger partial charge in [-0.1, -0.05) is 38.1 Å². The zero-order valence-corrected chi connectivity index (χ0v) is 65.0. The Kier molecular flexibility index (Phi) is 33.5. The fraction of sp³-hybridized carbons (Fsp3) is 0.500. The molecular weight excluding hydrogens is 1440 g/mol. The smallest absolute Gasteiger partial charge is 0.260 e. The van der Waals surface area contributed by atoms with Gasteiger partial charge in [0.15, 0.2) is 23.0 Å². The number of aliphatic imine (C=N–C) groups is 2. The molecule has 4 atom stereocenters. The van der Waals surface area contributed by atoms with Crippen molar-refractivity contribution in [2.75, 3.05) is 190 Å². The van der Waals surface area contributed by atoms with Crippen molar-refractivity contribution < 1.29 is 90.4 Å². The quantitative estimate of drug-likeness (QED) is 0.0262. The monoisotopic (exact) mass is 1550 g/mol. The lowest BCUT2D eigenvalue weighted by Crippen LogP contribution is -2.53. The van der Waals surface area contributed by atoms with E-state index in [0.717, 1.165) is 83.9 Å². The number of likely N-dealkylation sites (N-methyl/N-ethyl adjacent to an activating group) is 1. The SMILES string of the molecule is COC1=CC2=Cn3cc(-c4ccc(N5CCN(C)CC5)cc4)cc3C=N[C@H]2C=C1OCCCCCOc1cc2c(cc1OC)C(=O)N1C=C(c3ccc(NC(=O)[C@H](C)NC(=O)[C@@H](NC(=O)CCOCCOCCOCCOCCOCCOCCOCCOCCNC(=O)CCN4C(=O)C=CC4=O)C(C)C)cc3)C[C@H]1C=N2. The maximum Gasteiger partial charge on any atom is 0.260 e. The van der Waals surface area contributed by atoms with Gasteiger partial charge in [0.1, 0.15) is 12.1 Å². The second-order valence-electron chi connectivity index (χ2n) is 27.7. The van der Waals surface area contributed by atoms with Crippen molar-refractivity contribution in [3.63, 3.8) is 0 Å². The van der Waals surface area contributed by atoms with E-state index in [4.69, 9.17) is 66.8 Å². The first-order chi connectivity index (χ1) is 54.5. The number of hydrogen-bond donors (Lipinski definition) is 4. The number of piperazine rings is 1. The average molecular weight is 1550 g/mol. The van der Waals surface area contributed by atoms with Gasteiger partial charge in [-0.15, -0.1) is 0 Å². The molecule has 1 fully saturated rings. The number of nitrogens with zero attached hydrogens (tertiary/aromatic N) is 7. The summed E-state index contributed by atoms with van der Waals surface area (Å²) in [6.45, 7) is 16.3. The number of ether oxygens (including phenoxy) is 12. The van der Waals surface area contributed by atoms with Crippen LogP contribution in [0.3, 0.4) is 0 Å². The second-order valence-corrected chi connectivity index (χ2v) is 27.7. The minimum atomic E-state index is -0.933. The number of carbonyl (C=O) groups excluding carboxylic acids is 7. The van der Waals surface area contributed by atoms with Gasteiger partial charge in [0.25, 0.3) is 17.7 Å². The van der Waals surface area contributed by atoms with Crippen LogP contribution in [0.4, 0.5) is 17.1 Å². The van der Waals surface area contributed by atoms with E-state index in [9.17, 15) is 33.6 Å². The van der Waals surface area contributed by atoms with Gasteiger partial charge in [0, 0.05) is 130 Å². The maximum absolute atomic E-state index is 14.2. The lowest BCUT2D eigenvalue weighted by Gasteiger charge is -2.34. The first-order valence-electron chi connectivity index (χ1n) is 38.5. The minimum absolute atomic E-state index is 0.0184. The maximum atomic E-state index is 14.2. The summed E-state index contributed by atoms with van der Waals surface area (Å²) in [5, 5.41) is 11.1. The molecule has 0 spiro atoms. The lowest BCUT2D eigenvalue weighted by molar-refractivity contribution is -0.137. The number of hydrogen-bond acceptors (Lipinski definition) is 23. The highest BCUT2D eigenvalue weighted by Crippen LogP contribution is 2.41. The molecule has 30 nitrogen and oxygen atoms in total. The number of methoxy groups -OCH3 is 2. The minimum Gasteiger partial charge on any atom is -0.493 e. The Labute approximate surface area is 654 Å². The molecular formula is C82H107N11O19. The van der Waals surface area contributed by atoms with E-state index in [1.165, 1.54) is 17.8 Å². The van der Waals surface area contributed by atoms with Crippen molar-refractivity contribution in [3.8, 4) is 22.6 Å². The van der Waals surface area contributed by atoms with Crippen molar-refractivity contribution in [2.45, 2.75) is 83.5 Å². The molecule has 0 bridgehead atoms. The Morgan fingerprint density at radius 3 is 1.81 bits per heavy atom. The Morgan fingerprint density at radius 1 is 0.589 bits per heavy atom. The van der Waals surface area contributed by atoms with Gasteiger partial charge in [0.05, 0.1) is 162 Å². The van der Waals surface area contributed by atoms with Gasteiger partial charge in [-0.2, -0.15) is 0 Å². The van der Waals surface area contributed by atoms with Gasteiger partial charge in [-0.05, 0) is 104 Å². The van der Waals surface area contributed by atoms with E-state index in [1.807, 2.05) is 36.7 Å². The molecule has 1 aromatic heterocycles. The van der Waals surface area contributed by atoms with Gasteiger partial charge < -0.3 is 97.4 Å². The summed E-state index contributed by atoms with van der Waals surface area (Å²) in [5.41, 5.74) is 8.69. The van der Waals surface area contributed by atoms with Crippen LogP contribution in [0.15, 0.2) is 131 Å². The van der Waals surface area contributed by atoms with Crippen LogP contribution in [0.1, 0.15) is 80.9 Å². The Bertz CT molecular complexity index is 4010. The molecule has 30 heteroatoms. The largest absolute Gasteiger partial charge is 0.493 e. The van der Waals surface area contributed by atoms with E-state index >= 15 is 0 Å². The lowest BCUT2D eigenvalue weighted by atomic mass is 10.0. The number of amides is 7. The van der Waals surface area contributed by atoms with Crippen LogP contribution < -0.4 is 35.6 Å². The van der Waals surface area contributed by atoms with Crippen LogP contribution in [-0.4, -0.2) is 277 Å². The highest BCUT2D eigenvalue weighted by atomic mass is 16.6. The highest BCUT2D eigenvalue weighted by molar-refractivity contribution is 6.13. The number of carbonyl (C=O) groups is 7. The summed E-state index contributed by atoms with van der Waals surface area (Å²) >= 11 is 0. The standard InChI is InChI=1S/C82H107N11O19/c1-57(2)79(88-76(95)21-30-103-32-34-105-36-38-107-40-42-109-44-45-110-43-41-108-39-37-106-35-33-104-31-22-83-75(94)20-23-92-77(96)18-19-78(92)97)81(99)86-58(3)80(98)87-64-14-10-59(11-15-64)62-47-67-53-85-70-51-74(72(102-6)49-68(70)82(100)93(67)56-62)112-29-9-7-8-28-111-73-50-69-63(48-71(73)101-5)55-91-54-61(46-66(91)52-84-69)60-12-16-65(17-13-60)90-26-24-89(4)25-27-90/h10-19,46,48-58,67,69,79H,7-9,20-45,47H2,1-6H3,(H,83,94)(H,86,99)(H,87,98)(H,88,95)/t58-,67-,69-,79-/m0/s1. The molecule has 7 amide bonds. The molecule has 4 aromatic rings. The van der Waals surface area contributed by atoms with E-state index in [1.54, 1.807) is 70.4 Å². The third kappa shape index (κ3) is 25.6. The third-order valence-corrected chi connectivity index (χ3v) is 19.2. The number of rotatable bonds is 49. The van der Waals surface area contributed by atoms with Crippen molar-refractivity contribution in [1.29, 1.82) is 0 Å². The zero-order chi connectivity index (χ0) is 79.0. The van der Waals surface area contributed by atoms with E-state index in [2.05, 4.69) is 85.4 Å². The molecule has 10 rings (SSSR count). The van der Waals surface area contributed by atoms with E-state index in [-0.39, 0.29) is 68.3 Å². The molecule has 604 valence electrons. The predicted octanol–water partition coefficient (Wildman–Crippen LogP) is 6.76. The molecule has 112 heavy (non-hydrogen) atoms. The summed E-state index contributed by atoms with van der Waals surface area (Å²) in [6.07, 6.45) is 19.1. The van der Waals surface area contributed by atoms with Crippen LogP contribution >= 0.6 is 0 Å². The number of fused-ring (bicyclic) bond motifs is 4. The molecule has 1 saturated heterocycles. The van der Waals surface area contributed by atoms with Crippen LogP contribution in [-0.2, 0) is 76.1 Å². The predicted molar refractivity (Wildman–Crippen MR) is 422 cm³/mol. The molecule has 0 saturated carbocycles. The number of nitrogens with one attached hydrogen (secondary N) is 4. The van der Waals surface area contributed by atoms with Crippen molar-refractivity contribution in [2.24, 2.45) is 15.9 Å². The van der Waals surface area contributed by atoms with Crippen molar-refractivity contribution in [3.05, 3.63) is 137 Å². The third-order valence-electron chi connectivity index (χ3n) is 19.2. The summed E-state index contributed by atoms with van der Waals surface area (Å²) in [4.78, 5) is 106. The molecule has 3 aromatic carbocycles. The Balaban J connectivity index is 0.531. The first kappa shape index (κ1) is 84.6. The van der Waals surface area contributed by atoms with Gasteiger partial charge in [0.2, 0.25) is 23.6 Å². The van der Waals surface area contributed by atoms with E-state index in [0.29, 0.717) is 159 Å². The van der Waals surface area contributed by atoms with Crippen molar-refractivity contribution in [1.82, 2.24) is 35.2 Å². The summed E-state index contributed by atoms with van der Waals surface area (Å²) < 4.78 is 70.4. The molecule has 4 N–H and O–H groups in total.